The maximum atomic E-state index is 13.7. The fraction of sp³-hybridized carbons (Fsp3) is 0.469. The first-order valence-electron chi connectivity index (χ1n) is 14.8. The van der Waals surface area contributed by atoms with E-state index in [0.717, 1.165) is 36.8 Å². The van der Waals surface area contributed by atoms with Crippen molar-refractivity contribution in [3.05, 3.63) is 71.8 Å². The summed E-state index contributed by atoms with van der Waals surface area (Å²) >= 11 is 0. The molecule has 0 spiro atoms. The van der Waals surface area contributed by atoms with Crippen LogP contribution in [0.3, 0.4) is 0 Å². The number of aryl methyl sites for hydroxylation is 2. The highest BCUT2D eigenvalue weighted by atomic mass is 32.2. The minimum atomic E-state index is -4.49. The van der Waals surface area contributed by atoms with Crippen molar-refractivity contribution in [2.75, 3.05) is 0 Å². The molecule has 236 valence electrons. The average Bonchev–Trinajstić information content (AvgIpc) is 2.94. The third kappa shape index (κ3) is 11.4. The Balaban J connectivity index is 2.24. The molecular formula is C32H44N2O7S2. The van der Waals surface area contributed by atoms with Crippen LogP contribution in [0.25, 0.3) is 0 Å². The van der Waals surface area contributed by atoms with Crippen molar-refractivity contribution >= 4 is 37.6 Å². The average molecular weight is 633 g/mol. The fourth-order valence-electron chi connectivity index (χ4n) is 4.56. The lowest BCUT2D eigenvalue weighted by Gasteiger charge is -2.28. The van der Waals surface area contributed by atoms with E-state index in [1.54, 1.807) is 38.1 Å². The van der Waals surface area contributed by atoms with Crippen LogP contribution in [0, 0.1) is 13.8 Å². The fourth-order valence-corrected chi connectivity index (χ4v) is 7.10. The third-order valence-electron chi connectivity index (χ3n) is 7.07. The summed E-state index contributed by atoms with van der Waals surface area (Å²) in [6.45, 7) is 6.96. The lowest BCUT2D eigenvalue weighted by molar-refractivity contribution is -0.130. The van der Waals surface area contributed by atoms with E-state index in [0.29, 0.717) is 22.9 Å². The highest BCUT2D eigenvalue weighted by Gasteiger charge is 2.37. The van der Waals surface area contributed by atoms with Gasteiger partial charge in [-0.2, -0.15) is 0 Å². The Morgan fingerprint density at radius 3 is 1.67 bits per heavy atom. The second-order valence-corrected chi connectivity index (χ2v) is 14.3. The Hall–Kier alpha value is -3.31. The number of sulfonamides is 2. The predicted octanol–water partition coefficient (Wildman–Crippen LogP) is 5.76. The van der Waals surface area contributed by atoms with Gasteiger partial charge in [0.2, 0.25) is 0 Å². The number of unbranched alkanes of at least 4 members (excludes halogenated alkanes) is 8. The Morgan fingerprint density at radius 2 is 1.19 bits per heavy atom. The molecule has 2 rings (SSSR count). The number of hydrogen-bond donors (Lipinski definition) is 1. The van der Waals surface area contributed by atoms with Gasteiger partial charge in [-0.25, -0.2) is 25.9 Å². The first-order valence-corrected chi connectivity index (χ1v) is 17.7. The zero-order valence-corrected chi connectivity index (χ0v) is 27.2. The molecule has 2 aromatic carbocycles. The highest BCUT2D eigenvalue weighted by molar-refractivity contribution is 7.90. The van der Waals surface area contributed by atoms with E-state index in [1.165, 1.54) is 56.9 Å². The summed E-state index contributed by atoms with van der Waals surface area (Å²) in [6, 6.07) is 10.4. The molecule has 0 aliphatic heterocycles. The summed E-state index contributed by atoms with van der Waals surface area (Å²) in [5.74, 6) is -2.78. The molecule has 2 aromatic rings. The smallest absolute Gasteiger partial charge is 0.267 e. The first kappa shape index (κ1) is 35.9. The SMILES string of the molecule is CCCCCCCCCCCC(C(C)=O)N(C(=O)/C=C\C(=O)NS(=O)(=O)c1ccc(C)cc1)S(=O)(=O)c1ccc(C)cc1. The van der Waals surface area contributed by atoms with E-state index in [4.69, 9.17) is 0 Å². The maximum absolute atomic E-state index is 13.7. The number of Topliss-reactive ketones (excluding diaryl/α,β-unsaturated/α-hetero) is 1. The van der Waals surface area contributed by atoms with Gasteiger partial charge in [0.15, 0.2) is 5.78 Å². The summed E-state index contributed by atoms with van der Waals surface area (Å²) in [6.07, 6.45) is 10.7. The number of nitrogens with zero attached hydrogens (tertiary/aromatic N) is 1. The first-order chi connectivity index (χ1) is 20.3. The van der Waals surface area contributed by atoms with Crippen molar-refractivity contribution in [1.29, 1.82) is 0 Å². The van der Waals surface area contributed by atoms with Crippen LogP contribution < -0.4 is 4.72 Å². The van der Waals surface area contributed by atoms with Crippen LogP contribution >= 0.6 is 0 Å². The molecule has 0 saturated carbocycles. The Bertz CT molecular complexity index is 1460. The number of ketones is 1. The zero-order chi connectivity index (χ0) is 32.0. The number of nitrogens with one attached hydrogen (secondary N) is 1. The lowest BCUT2D eigenvalue weighted by Crippen LogP contribution is -2.47. The van der Waals surface area contributed by atoms with Crippen molar-refractivity contribution in [3.63, 3.8) is 0 Å². The van der Waals surface area contributed by atoms with Gasteiger partial charge in [0, 0.05) is 12.2 Å². The van der Waals surface area contributed by atoms with Gasteiger partial charge in [-0.15, -0.1) is 0 Å². The van der Waals surface area contributed by atoms with Gasteiger partial charge in [0.1, 0.15) is 6.04 Å². The van der Waals surface area contributed by atoms with Crippen molar-refractivity contribution in [3.8, 4) is 0 Å². The molecule has 2 amide bonds. The van der Waals surface area contributed by atoms with Crippen molar-refractivity contribution in [2.24, 2.45) is 0 Å². The minimum Gasteiger partial charge on any atom is -0.298 e. The molecule has 0 heterocycles. The number of hydrogen-bond acceptors (Lipinski definition) is 7. The topological polar surface area (TPSA) is 135 Å². The molecule has 11 heteroatoms. The van der Waals surface area contributed by atoms with Gasteiger partial charge in [-0.05, 0) is 51.5 Å². The molecule has 0 aliphatic rings. The molecule has 0 bridgehead atoms. The highest BCUT2D eigenvalue weighted by Crippen LogP contribution is 2.24. The summed E-state index contributed by atoms with van der Waals surface area (Å²) in [5.41, 5.74) is 1.63. The maximum Gasteiger partial charge on any atom is 0.267 e. The van der Waals surface area contributed by atoms with Gasteiger partial charge in [0.05, 0.1) is 9.79 Å². The van der Waals surface area contributed by atoms with Crippen LogP contribution in [-0.4, -0.2) is 44.8 Å². The van der Waals surface area contributed by atoms with Crippen molar-refractivity contribution in [1.82, 2.24) is 9.03 Å². The minimum absolute atomic E-state index is 0.129. The second-order valence-electron chi connectivity index (χ2n) is 10.8. The standard InChI is InChI=1S/C32H44N2O7S2/c1-5-6-7-8-9-10-11-12-13-14-30(27(4)35)34(43(40,41)29-21-17-26(3)18-22-29)32(37)24-23-31(36)33-42(38,39)28-19-15-25(2)16-20-28/h15-24,30H,5-14H2,1-4H3,(H,33,36)/b24-23-. The lowest BCUT2D eigenvalue weighted by atomic mass is 10.0. The number of benzene rings is 2. The second kappa shape index (κ2) is 17.1. The van der Waals surface area contributed by atoms with Gasteiger partial charge < -0.3 is 0 Å². The Morgan fingerprint density at radius 1 is 0.721 bits per heavy atom. The van der Waals surface area contributed by atoms with Crippen LogP contribution in [0.5, 0.6) is 0 Å². The molecule has 0 fully saturated rings. The van der Waals surface area contributed by atoms with E-state index >= 15 is 0 Å². The van der Waals surface area contributed by atoms with Gasteiger partial charge in [-0.3, -0.25) is 14.4 Å². The molecule has 0 aliphatic carbocycles. The van der Waals surface area contributed by atoms with Crippen LogP contribution in [0.15, 0.2) is 70.5 Å². The molecule has 0 aromatic heterocycles. The molecule has 1 unspecified atom stereocenters. The number of amides is 2. The van der Waals surface area contributed by atoms with E-state index in [2.05, 4.69) is 6.92 Å². The number of carbonyl (C=O) groups excluding carboxylic acids is 3. The van der Waals surface area contributed by atoms with Gasteiger partial charge >= 0.3 is 0 Å². The van der Waals surface area contributed by atoms with E-state index < -0.39 is 43.7 Å². The predicted molar refractivity (Wildman–Crippen MR) is 167 cm³/mol. The van der Waals surface area contributed by atoms with Crippen molar-refractivity contribution < 1.29 is 31.2 Å². The molecule has 9 nitrogen and oxygen atoms in total. The zero-order valence-electron chi connectivity index (χ0n) is 25.5. The monoisotopic (exact) mass is 632 g/mol. The Kier molecular flexibility index (Phi) is 14.3. The molecule has 1 N–H and O–H groups in total. The molecule has 1 atom stereocenters. The largest absolute Gasteiger partial charge is 0.298 e. The molecule has 0 saturated heterocycles. The molecule has 43 heavy (non-hydrogen) atoms. The normalized spacial score (nSPS) is 12.7. The van der Waals surface area contributed by atoms with Gasteiger partial charge in [-0.1, -0.05) is 100 Å². The quantitative estimate of drug-likeness (QED) is 0.163. The molecular weight excluding hydrogens is 588 g/mol. The van der Waals surface area contributed by atoms with Crippen LogP contribution in [0.4, 0.5) is 0 Å². The number of rotatable bonds is 18. The van der Waals surface area contributed by atoms with Crippen molar-refractivity contribution in [2.45, 2.75) is 108 Å². The summed E-state index contributed by atoms with van der Waals surface area (Å²) in [5, 5.41) is 0. The number of carbonyl (C=O) groups is 3. The molecule has 0 radical (unpaired) electrons. The van der Waals surface area contributed by atoms with Gasteiger partial charge in [0.25, 0.3) is 31.9 Å². The third-order valence-corrected chi connectivity index (χ3v) is 10.3. The van der Waals surface area contributed by atoms with Crippen LogP contribution in [-0.2, 0) is 34.4 Å². The van der Waals surface area contributed by atoms with E-state index in [9.17, 15) is 31.2 Å². The van der Waals surface area contributed by atoms with E-state index in [-0.39, 0.29) is 16.2 Å². The Labute approximate surface area is 256 Å². The summed E-state index contributed by atoms with van der Waals surface area (Å²) < 4.78 is 54.9. The van der Waals surface area contributed by atoms with Crippen LogP contribution in [0.2, 0.25) is 0 Å². The van der Waals surface area contributed by atoms with Crippen LogP contribution in [0.1, 0.15) is 89.2 Å². The summed E-state index contributed by atoms with van der Waals surface area (Å²) in [7, 11) is -8.71. The summed E-state index contributed by atoms with van der Waals surface area (Å²) in [4.78, 5) is 38.3. The van der Waals surface area contributed by atoms with E-state index in [1.807, 2.05) is 4.72 Å².